The number of ether oxygens (including phenoxy) is 1. The lowest BCUT2D eigenvalue weighted by Crippen LogP contribution is -2.01. The van der Waals surface area contributed by atoms with E-state index in [1.54, 1.807) is 24.6 Å². The Labute approximate surface area is 160 Å². The van der Waals surface area contributed by atoms with Gasteiger partial charge in [0.1, 0.15) is 12.4 Å². The number of hydrogen-bond donors (Lipinski definition) is 1. The average Bonchev–Trinajstić information content (AvgIpc) is 3.36. The number of H-pyrrole nitrogens is 1. The van der Waals surface area contributed by atoms with Crippen molar-refractivity contribution < 1.29 is 9.15 Å². The van der Waals surface area contributed by atoms with Crippen LogP contribution in [0.3, 0.4) is 0 Å². The molecule has 2 heterocycles. The van der Waals surface area contributed by atoms with Gasteiger partial charge in [-0.1, -0.05) is 42.5 Å². The van der Waals surface area contributed by atoms with Gasteiger partial charge in [-0.2, -0.15) is 9.78 Å². The van der Waals surface area contributed by atoms with Gasteiger partial charge in [-0.15, -0.1) is 5.10 Å². The van der Waals surface area contributed by atoms with Gasteiger partial charge >= 0.3 is 0 Å². The zero-order chi connectivity index (χ0) is 18.5. The van der Waals surface area contributed by atoms with Crippen molar-refractivity contribution in [2.24, 2.45) is 5.10 Å². The molecule has 0 bridgehead atoms. The molecular formula is C20H16N4O2S. The number of hydrogen-bond acceptors (Lipinski definition) is 5. The summed E-state index contributed by atoms with van der Waals surface area (Å²) in [5.41, 5.74) is 1.95. The summed E-state index contributed by atoms with van der Waals surface area (Å²) in [4.78, 5) is 0. The van der Waals surface area contributed by atoms with E-state index in [0.717, 1.165) is 16.9 Å². The summed E-state index contributed by atoms with van der Waals surface area (Å²) in [6.45, 7) is 0.439. The molecule has 0 atom stereocenters. The van der Waals surface area contributed by atoms with Crippen LogP contribution in [0.15, 0.2) is 82.5 Å². The summed E-state index contributed by atoms with van der Waals surface area (Å²) in [6, 6.07) is 21.2. The fraction of sp³-hybridized carbons (Fsp3) is 0.0500. The predicted molar refractivity (Wildman–Crippen MR) is 105 cm³/mol. The molecule has 0 unspecified atom stereocenters. The van der Waals surface area contributed by atoms with E-state index in [-0.39, 0.29) is 0 Å². The van der Waals surface area contributed by atoms with E-state index in [9.17, 15) is 0 Å². The minimum absolute atomic E-state index is 0.385. The van der Waals surface area contributed by atoms with Gasteiger partial charge in [-0.25, -0.2) is 5.10 Å². The standard InChI is InChI=1S/C20H16N4O2S/c27-20-23-22-19(18-11-6-12-25-18)24(20)21-13-15-7-4-5-8-16(15)14-26-17-9-2-1-3-10-17/h1-13H,14H2,(H,23,27)/b21-13-. The highest BCUT2D eigenvalue weighted by atomic mass is 32.1. The Bertz CT molecular complexity index is 1100. The predicted octanol–water partition coefficient (Wildman–Crippen LogP) is 4.66. The van der Waals surface area contributed by atoms with Gasteiger partial charge in [0.2, 0.25) is 10.6 Å². The first kappa shape index (κ1) is 17.0. The molecule has 2 aromatic heterocycles. The molecule has 27 heavy (non-hydrogen) atoms. The van der Waals surface area contributed by atoms with Crippen molar-refractivity contribution in [2.45, 2.75) is 6.61 Å². The van der Waals surface area contributed by atoms with Gasteiger partial charge in [-0.3, -0.25) is 0 Å². The molecule has 1 N–H and O–H groups in total. The highest BCUT2D eigenvalue weighted by Crippen LogP contribution is 2.18. The number of benzene rings is 2. The maximum Gasteiger partial charge on any atom is 0.219 e. The van der Waals surface area contributed by atoms with Crippen molar-refractivity contribution >= 4 is 18.4 Å². The van der Waals surface area contributed by atoms with E-state index < -0.39 is 0 Å². The normalized spacial score (nSPS) is 11.1. The third-order valence-corrected chi connectivity index (χ3v) is 4.16. The molecule has 0 saturated carbocycles. The van der Waals surface area contributed by atoms with Gasteiger partial charge in [0.25, 0.3) is 0 Å². The van der Waals surface area contributed by atoms with Crippen molar-refractivity contribution in [3.05, 3.63) is 88.9 Å². The van der Waals surface area contributed by atoms with E-state index >= 15 is 0 Å². The monoisotopic (exact) mass is 376 g/mol. The second kappa shape index (κ2) is 7.84. The molecule has 0 fully saturated rings. The highest BCUT2D eigenvalue weighted by Gasteiger charge is 2.10. The molecule has 4 rings (SSSR count). The lowest BCUT2D eigenvalue weighted by Gasteiger charge is -2.08. The summed E-state index contributed by atoms with van der Waals surface area (Å²) < 4.78 is 13.2. The smallest absolute Gasteiger partial charge is 0.219 e. The zero-order valence-electron chi connectivity index (χ0n) is 14.3. The minimum atomic E-state index is 0.385. The number of furan rings is 1. The molecule has 0 aliphatic heterocycles. The SMILES string of the molecule is S=c1[nH]nc(-c2ccco2)n1/N=C\c1ccccc1COc1ccccc1. The van der Waals surface area contributed by atoms with E-state index in [1.165, 1.54) is 4.68 Å². The molecule has 0 aliphatic rings. The van der Waals surface area contributed by atoms with E-state index in [1.807, 2.05) is 54.6 Å². The number of nitrogens with one attached hydrogen (secondary N) is 1. The van der Waals surface area contributed by atoms with Gasteiger partial charge in [0, 0.05) is 5.56 Å². The summed E-state index contributed by atoms with van der Waals surface area (Å²) in [5, 5.41) is 11.4. The van der Waals surface area contributed by atoms with Gasteiger partial charge in [-0.05, 0) is 42.0 Å². The van der Waals surface area contributed by atoms with E-state index in [4.69, 9.17) is 21.4 Å². The Balaban J connectivity index is 1.59. The molecule has 7 heteroatoms. The minimum Gasteiger partial charge on any atom is -0.489 e. The van der Waals surface area contributed by atoms with E-state index in [2.05, 4.69) is 15.3 Å². The third-order valence-electron chi connectivity index (χ3n) is 3.90. The van der Waals surface area contributed by atoms with Crippen LogP contribution in [-0.2, 0) is 6.61 Å². The van der Waals surface area contributed by atoms with Crippen LogP contribution in [-0.4, -0.2) is 21.1 Å². The summed E-state index contributed by atoms with van der Waals surface area (Å²) in [5.74, 6) is 1.92. The second-order valence-electron chi connectivity index (χ2n) is 5.69. The lowest BCUT2D eigenvalue weighted by molar-refractivity contribution is 0.306. The first-order chi connectivity index (χ1) is 13.3. The van der Waals surface area contributed by atoms with E-state index in [0.29, 0.717) is 23.0 Å². The molecule has 0 radical (unpaired) electrons. The maximum atomic E-state index is 5.85. The molecule has 134 valence electrons. The Kier molecular flexibility index (Phi) is 4.93. The molecular weight excluding hydrogens is 360 g/mol. The van der Waals surface area contributed by atoms with Gasteiger partial charge < -0.3 is 9.15 Å². The van der Waals surface area contributed by atoms with Crippen LogP contribution in [0.1, 0.15) is 11.1 Å². The molecule has 0 saturated heterocycles. The van der Waals surface area contributed by atoms with Crippen LogP contribution in [0.2, 0.25) is 0 Å². The first-order valence-electron chi connectivity index (χ1n) is 8.32. The van der Waals surface area contributed by atoms with Crippen molar-refractivity contribution in [3.63, 3.8) is 0 Å². The quantitative estimate of drug-likeness (QED) is 0.392. The molecule has 0 spiro atoms. The maximum absolute atomic E-state index is 5.85. The average molecular weight is 376 g/mol. The number of para-hydroxylation sites is 1. The van der Waals surface area contributed by atoms with Crippen LogP contribution < -0.4 is 4.74 Å². The second-order valence-corrected chi connectivity index (χ2v) is 6.07. The third kappa shape index (κ3) is 3.88. The summed E-state index contributed by atoms with van der Waals surface area (Å²) >= 11 is 5.27. The van der Waals surface area contributed by atoms with Crippen molar-refractivity contribution in [3.8, 4) is 17.3 Å². The fourth-order valence-corrected chi connectivity index (χ4v) is 2.73. The highest BCUT2D eigenvalue weighted by molar-refractivity contribution is 7.71. The Morgan fingerprint density at radius 3 is 2.70 bits per heavy atom. The van der Waals surface area contributed by atoms with Gasteiger partial charge in [0.05, 0.1) is 12.5 Å². The van der Waals surface area contributed by atoms with Gasteiger partial charge in [0.15, 0.2) is 5.76 Å². The summed E-state index contributed by atoms with van der Waals surface area (Å²) in [6.07, 6.45) is 3.32. The molecule has 2 aromatic carbocycles. The number of aromatic amines is 1. The molecule has 4 aromatic rings. The molecule has 0 amide bonds. The number of nitrogens with zero attached hydrogens (tertiary/aromatic N) is 3. The number of aromatic nitrogens is 3. The van der Waals surface area contributed by atoms with Crippen molar-refractivity contribution in [1.29, 1.82) is 0 Å². The Morgan fingerprint density at radius 1 is 1.07 bits per heavy atom. The molecule has 0 aliphatic carbocycles. The largest absolute Gasteiger partial charge is 0.489 e. The van der Waals surface area contributed by atoms with Crippen molar-refractivity contribution in [1.82, 2.24) is 14.9 Å². The van der Waals surface area contributed by atoms with Crippen LogP contribution in [0.25, 0.3) is 11.6 Å². The van der Waals surface area contributed by atoms with Crippen LogP contribution >= 0.6 is 12.2 Å². The first-order valence-corrected chi connectivity index (χ1v) is 8.73. The lowest BCUT2D eigenvalue weighted by atomic mass is 10.1. The zero-order valence-corrected chi connectivity index (χ0v) is 15.1. The topological polar surface area (TPSA) is 68.3 Å². The molecule has 6 nitrogen and oxygen atoms in total. The fourth-order valence-electron chi connectivity index (χ4n) is 2.55. The van der Waals surface area contributed by atoms with Crippen LogP contribution in [0, 0.1) is 4.77 Å². The van der Waals surface area contributed by atoms with Crippen LogP contribution in [0.4, 0.5) is 0 Å². The summed E-state index contributed by atoms with van der Waals surface area (Å²) in [7, 11) is 0. The number of rotatable bonds is 6. The Hall–Kier alpha value is -3.45. The Morgan fingerprint density at radius 2 is 1.89 bits per heavy atom. The van der Waals surface area contributed by atoms with Crippen LogP contribution in [0.5, 0.6) is 5.75 Å². The van der Waals surface area contributed by atoms with Crippen molar-refractivity contribution in [2.75, 3.05) is 0 Å².